The number of hydrogen-bond donors (Lipinski definition) is 1. The third kappa shape index (κ3) is 0.817. The summed E-state index contributed by atoms with van der Waals surface area (Å²) in [6.45, 7) is 2.84. The van der Waals surface area contributed by atoms with E-state index in [0.29, 0.717) is 0 Å². The van der Waals surface area contributed by atoms with Crippen molar-refractivity contribution in [2.45, 2.75) is 13.3 Å². The smallest absolute Gasteiger partial charge is 0.179 e. The minimum Gasteiger partial charge on any atom is -0.373 e. The SMILES string of the molecule is CC12CCNC1=Nc1sccc1C2=O. The third-order valence-corrected chi connectivity index (χ3v) is 3.85. The molecule has 0 aromatic carbocycles. The van der Waals surface area contributed by atoms with Gasteiger partial charge in [0.1, 0.15) is 10.8 Å². The molecule has 1 aromatic heterocycles. The Bertz CT molecular complexity index is 449. The maximum atomic E-state index is 12.2. The summed E-state index contributed by atoms with van der Waals surface area (Å²) in [6, 6.07) is 1.88. The molecule has 72 valence electrons. The molecule has 1 aromatic rings. The van der Waals surface area contributed by atoms with Crippen molar-refractivity contribution in [3.05, 3.63) is 17.0 Å². The second-order valence-electron chi connectivity index (χ2n) is 3.94. The quantitative estimate of drug-likeness (QED) is 0.705. The fourth-order valence-electron chi connectivity index (χ4n) is 2.09. The minimum absolute atomic E-state index is 0.226. The van der Waals surface area contributed by atoms with Crippen molar-refractivity contribution in [2.75, 3.05) is 6.54 Å². The zero-order chi connectivity index (χ0) is 9.76. The maximum Gasteiger partial charge on any atom is 0.179 e. The molecule has 0 radical (unpaired) electrons. The average molecular weight is 206 g/mol. The first kappa shape index (κ1) is 8.17. The molecule has 0 saturated carbocycles. The number of nitrogens with zero attached hydrogens (tertiary/aromatic N) is 1. The van der Waals surface area contributed by atoms with Gasteiger partial charge in [0.2, 0.25) is 0 Å². The van der Waals surface area contributed by atoms with Crippen LogP contribution in [0.4, 0.5) is 5.00 Å². The summed E-state index contributed by atoms with van der Waals surface area (Å²) in [5.41, 5.74) is 0.415. The fraction of sp³-hybridized carbons (Fsp3) is 0.400. The van der Waals surface area contributed by atoms with Crippen molar-refractivity contribution in [1.29, 1.82) is 0 Å². The van der Waals surface area contributed by atoms with Gasteiger partial charge in [-0.3, -0.25) is 4.79 Å². The second kappa shape index (κ2) is 2.45. The van der Waals surface area contributed by atoms with Crippen LogP contribution in [0.2, 0.25) is 0 Å². The monoisotopic (exact) mass is 206 g/mol. The van der Waals surface area contributed by atoms with Crippen LogP contribution in [0, 0.1) is 5.41 Å². The van der Waals surface area contributed by atoms with Gasteiger partial charge in [-0.05, 0) is 24.8 Å². The van der Waals surface area contributed by atoms with Crippen molar-refractivity contribution < 1.29 is 4.79 Å². The molecule has 3 nitrogen and oxygen atoms in total. The molecule has 1 unspecified atom stereocenters. The van der Waals surface area contributed by atoms with Crippen LogP contribution in [-0.4, -0.2) is 18.2 Å². The Morgan fingerprint density at radius 3 is 3.36 bits per heavy atom. The van der Waals surface area contributed by atoms with Gasteiger partial charge >= 0.3 is 0 Å². The predicted octanol–water partition coefficient (Wildman–Crippen LogP) is 1.97. The Balaban J connectivity index is 2.25. The van der Waals surface area contributed by atoms with Gasteiger partial charge in [0, 0.05) is 6.54 Å². The molecule has 1 N–H and O–H groups in total. The summed E-state index contributed by atoms with van der Waals surface area (Å²) < 4.78 is 0. The van der Waals surface area contributed by atoms with Crippen LogP contribution in [0.1, 0.15) is 23.7 Å². The van der Waals surface area contributed by atoms with Crippen LogP contribution >= 0.6 is 11.3 Å². The zero-order valence-corrected chi connectivity index (χ0v) is 8.65. The molecule has 2 aliphatic heterocycles. The maximum absolute atomic E-state index is 12.2. The number of hydrogen-bond acceptors (Lipinski definition) is 4. The van der Waals surface area contributed by atoms with Crippen LogP contribution in [0.25, 0.3) is 0 Å². The normalized spacial score (nSPS) is 29.2. The first-order valence-electron chi connectivity index (χ1n) is 4.67. The molecule has 3 rings (SSSR count). The average Bonchev–Trinajstić information content (AvgIpc) is 2.74. The Morgan fingerprint density at radius 1 is 1.64 bits per heavy atom. The number of carbonyl (C=O) groups is 1. The van der Waals surface area contributed by atoms with E-state index in [1.165, 1.54) is 11.3 Å². The second-order valence-corrected chi connectivity index (χ2v) is 4.83. The summed E-state index contributed by atoms with van der Waals surface area (Å²) >= 11 is 1.53. The van der Waals surface area contributed by atoms with E-state index in [0.717, 1.165) is 29.4 Å². The van der Waals surface area contributed by atoms with E-state index in [1.54, 1.807) is 0 Å². The molecule has 1 atom stereocenters. The highest BCUT2D eigenvalue weighted by Crippen LogP contribution is 2.42. The molecule has 3 heterocycles. The van der Waals surface area contributed by atoms with Crippen LogP contribution < -0.4 is 5.32 Å². The number of nitrogens with one attached hydrogen (secondary N) is 1. The first-order chi connectivity index (χ1) is 6.72. The first-order valence-corrected chi connectivity index (χ1v) is 5.55. The van der Waals surface area contributed by atoms with Gasteiger partial charge in [0.15, 0.2) is 5.78 Å². The summed E-state index contributed by atoms with van der Waals surface area (Å²) in [5.74, 6) is 1.08. The summed E-state index contributed by atoms with van der Waals surface area (Å²) in [7, 11) is 0. The summed E-state index contributed by atoms with van der Waals surface area (Å²) in [4.78, 5) is 16.7. The van der Waals surface area contributed by atoms with E-state index in [4.69, 9.17) is 0 Å². The Kier molecular flexibility index (Phi) is 1.43. The summed E-state index contributed by atoms with van der Waals surface area (Å²) in [6.07, 6.45) is 0.861. The highest BCUT2D eigenvalue weighted by molar-refractivity contribution is 7.14. The summed E-state index contributed by atoms with van der Waals surface area (Å²) in [5, 5.41) is 5.98. The number of Topliss-reactive ketones (excluding diaryl/α,β-unsaturated/α-hetero) is 1. The van der Waals surface area contributed by atoms with E-state index in [2.05, 4.69) is 10.3 Å². The van der Waals surface area contributed by atoms with Crippen LogP contribution in [0.5, 0.6) is 0 Å². The Labute approximate surface area is 85.9 Å². The molecule has 4 heteroatoms. The number of fused-ring (bicyclic) bond motifs is 2. The van der Waals surface area contributed by atoms with Crippen molar-refractivity contribution in [3.8, 4) is 0 Å². The highest BCUT2D eigenvalue weighted by atomic mass is 32.1. The van der Waals surface area contributed by atoms with Gasteiger partial charge < -0.3 is 5.32 Å². The molecule has 0 bridgehead atoms. The molecular formula is C10H10N2OS. The molecule has 0 amide bonds. The minimum atomic E-state index is -0.381. The van der Waals surface area contributed by atoms with Gasteiger partial charge in [-0.1, -0.05) is 0 Å². The van der Waals surface area contributed by atoms with E-state index in [-0.39, 0.29) is 11.2 Å². The largest absolute Gasteiger partial charge is 0.373 e. The van der Waals surface area contributed by atoms with Crippen molar-refractivity contribution >= 4 is 28.0 Å². The number of amidine groups is 1. The van der Waals surface area contributed by atoms with E-state index in [9.17, 15) is 4.79 Å². The molecule has 2 aliphatic rings. The molecule has 0 spiro atoms. The molecule has 1 saturated heterocycles. The van der Waals surface area contributed by atoms with Gasteiger partial charge in [-0.25, -0.2) is 4.99 Å². The zero-order valence-electron chi connectivity index (χ0n) is 7.83. The third-order valence-electron chi connectivity index (χ3n) is 3.04. The van der Waals surface area contributed by atoms with Gasteiger partial charge in [0.25, 0.3) is 0 Å². The lowest BCUT2D eigenvalue weighted by Crippen LogP contribution is -2.38. The molecule has 0 aliphatic carbocycles. The molecule has 14 heavy (non-hydrogen) atoms. The van der Waals surface area contributed by atoms with Crippen molar-refractivity contribution in [2.24, 2.45) is 10.4 Å². The fourth-order valence-corrected chi connectivity index (χ4v) is 2.85. The van der Waals surface area contributed by atoms with Crippen LogP contribution in [0.3, 0.4) is 0 Å². The van der Waals surface area contributed by atoms with E-state index < -0.39 is 0 Å². The van der Waals surface area contributed by atoms with Gasteiger partial charge in [0.05, 0.1) is 11.0 Å². The highest BCUT2D eigenvalue weighted by Gasteiger charge is 2.46. The van der Waals surface area contributed by atoms with E-state index >= 15 is 0 Å². The number of thiophene rings is 1. The lowest BCUT2D eigenvalue weighted by Gasteiger charge is -2.25. The lowest BCUT2D eigenvalue weighted by molar-refractivity contribution is 0.0888. The van der Waals surface area contributed by atoms with Gasteiger partial charge in [-0.15, -0.1) is 11.3 Å². The standard InChI is InChI=1S/C10H10N2OS/c1-10-3-4-11-9(10)12-8-6(7(10)13)2-5-14-8/h2,5H,3-4H2,1H3,(H,11,12). The topological polar surface area (TPSA) is 41.5 Å². The van der Waals surface area contributed by atoms with Crippen LogP contribution in [-0.2, 0) is 0 Å². The van der Waals surface area contributed by atoms with E-state index in [1.807, 2.05) is 18.4 Å². The van der Waals surface area contributed by atoms with Crippen LogP contribution in [0.15, 0.2) is 16.4 Å². The number of carbonyl (C=O) groups excluding carboxylic acids is 1. The molecule has 1 fully saturated rings. The number of ketones is 1. The van der Waals surface area contributed by atoms with Crippen molar-refractivity contribution in [3.63, 3.8) is 0 Å². The van der Waals surface area contributed by atoms with Gasteiger partial charge in [-0.2, -0.15) is 0 Å². The number of rotatable bonds is 0. The number of aliphatic imine (C=N–C) groups is 1. The lowest BCUT2D eigenvalue weighted by atomic mass is 9.79. The predicted molar refractivity (Wildman–Crippen MR) is 56.5 cm³/mol. The Hall–Kier alpha value is -1.16. The Morgan fingerprint density at radius 2 is 2.50 bits per heavy atom. The van der Waals surface area contributed by atoms with Crippen molar-refractivity contribution in [1.82, 2.24) is 5.32 Å². The molecular weight excluding hydrogens is 196 g/mol.